The summed E-state index contributed by atoms with van der Waals surface area (Å²) in [7, 11) is -4.10. The molecule has 0 unspecified atom stereocenters. The van der Waals surface area contributed by atoms with Crippen molar-refractivity contribution in [2.45, 2.75) is 4.90 Å². The van der Waals surface area contributed by atoms with Gasteiger partial charge in [-0.25, -0.2) is 13.6 Å². The van der Waals surface area contributed by atoms with Gasteiger partial charge in [-0.15, -0.1) is 10.2 Å². The van der Waals surface area contributed by atoms with Crippen molar-refractivity contribution in [3.8, 4) is 5.88 Å². The van der Waals surface area contributed by atoms with Crippen molar-refractivity contribution >= 4 is 53.9 Å². The third kappa shape index (κ3) is 3.42. The predicted octanol–water partition coefficient (Wildman–Crippen LogP) is 3.61. The van der Waals surface area contributed by atoms with Gasteiger partial charge >= 0.3 is 0 Å². The molecule has 0 amide bonds. The van der Waals surface area contributed by atoms with E-state index in [1.165, 1.54) is 0 Å². The van der Waals surface area contributed by atoms with Crippen molar-refractivity contribution in [2.24, 2.45) is 15.4 Å². The molecule has 0 spiro atoms. The first-order valence-electron chi connectivity index (χ1n) is 6.90. The zero-order valence-corrected chi connectivity index (χ0v) is 15.2. The van der Waals surface area contributed by atoms with Gasteiger partial charge in [0.05, 0.1) is 15.3 Å². The molecular formula is C14H10BrN5O5S. The Labute approximate surface area is 154 Å². The molecule has 0 saturated heterocycles. The summed E-state index contributed by atoms with van der Waals surface area (Å²) < 4.78 is 23.4. The van der Waals surface area contributed by atoms with Crippen LogP contribution >= 0.6 is 15.9 Å². The fourth-order valence-electron chi connectivity index (χ4n) is 2.25. The molecular weight excluding hydrogens is 430 g/mol. The number of H-pyrrole nitrogens is 1. The summed E-state index contributed by atoms with van der Waals surface area (Å²) in [5, 5.41) is 34.4. The maximum absolute atomic E-state index is 11.3. The summed E-state index contributed by atoms with van der Waals surface area (Å²) in [6.45, 7) is 0. The van der Waals surface area contributed by atoms with E-state index in [0.29, 0.717) is 10.9 Å². The van der Waals surface area contributed by atoms with Gasteiger partial charge < -0.3 is 10.1 Å². The van der Waals surface area contributed by atoms with Crippen LogP contribution in [0.3, 0.4) is 0 Å². The fourth-order valence-corrected chi connectivity index (χ4v) is 3.15. The van der Waals surface area contributed by atoms with E-state index in [4.69, 9.17) is 5.14 Å². The number of nitrogens with zero attached hydrogens (tertiary/aromatic N) is 3. The lowest BCUT2D eigenvalue weighted by atomic mass is 10.2. The molecule has 1 aromatic heterocycles. The van der Waals surface area contributed by atoms with Crippen molar-refractivity contribution in [3.05, 3.63) is 51.0 Å². The molecule has 0 bridgehead atoms. The van der Waals surface area contributed by atoms with Crippen LogP contribution in [0, 0.1) is 10.1 Å². The summed E-state index contributed by atoms with van der Waals surface area (Å²) >= 11 is 3.30. The summed E-state index contributed by atoms with van der Waals surface area (Å²) in [4.78, 5) is 12.7. The van der Waals surface area contributed by atoms with Crippen molar-refractivity contribution < 1.29 is 18.4 Å². The Morgan fingerprint density at radius 2 is 1.92 bits per heavy atom. The molecule has 134 valence electrons. The lowest BCUT2D eigenvalue weighted by molar-refractivity contribution is -0.384. The number of rotatable bonds is 4. The highest BCUT2D eigenvalue weighted by molar-refractivity contribution is 9.10. The van der Waals surface area contributed by atoms with Gasteiger partial charge in [-0.2, -0.15) is 0 Å². The second kappa shape index (κ2) is 6.48. The average molecular weight is 440 g/mol. The Hall–Kier alpha value is -2.83. The minimum atomic E-state index is -4.10. The van der Waals surface area contributed by atoms with Gasteiger partial charge in [0.1, 0.15) is 0 Å². The van der Waals surface area contributed by atoms with Crippen LogP contribution in [-0.2, 0) is 10.0 Å². The summed E-state index contributed by atoms with van der Waals surface area (Å²) in [6, 6.07) is 8.16. The number of fused-ring (bicyclic) bond motifs is 1. The van der Waals surface area contributed by atoms with Crippen LogP contribution in [0.4, 0.5) is 17.1 Å². The maximum Gasteiger partial charge on any atom is 0.298 e. The minimum absolute atomic E-state index is 0.0890. The van der Waals surface area contributed by atoms with Gasteiger partial charge in [0, 0.05) is 15.9 Å². The van der Waals surface area contributed by atoms with E-state index >= 15 is 0 Å². The normalized spacial score (nSPS) is 12.1. The van der Waals surface area contributed by atoms with Gasteiger partial charge in [0.25, 0.3) is 5.69 Å². The van der Waals surface area contributed by atoms with E-state index < -0.39 is 25.5 Å². The third-order valence-electron chi connectivity index (χ3n) is 3.44. The molecule has 3 aromatic rings. The van der Waals surface area contributed by atoms with E-state index in [2.05, 4.69) is 31.1 Å². The van der Waals surface area contributed by atoms with E-state index in [1.807, 2.05) is 0 Å². The monoisotopic (exact) mass is 439 g/mol. The number of azo groups is 1. The first-order chi connectivity index (χ1) is 12.2. The quantitative estimate of drug-likeness (QED) is 0.320. The molecule has 12 heteroatoms. The Kier molecular flexibility index (Phi) is 4.48. The number of halogens is 1. The van der Waals surface area contributed by atoms with Gasteiger partial charge in [0.2, 0.25) is 15.9 Å². The molecule has 0 aliphatic rings. The van der Waals surface area contributed by atoms with E-state index in [0.717, 1.165) is 22.7 Å². The second-order valence-corrected chi connectivity index (χ2v) is 7.64. The molecule has 4 N–H and O–H groups in total. The summed E-state index contributed by atoms with van der Waals surface area (Å²) in [5.74, 6) is -0.259. The Morgan fingerprint density at radius 1 is 1.19 bits per heavy atom. The first kappa shape index (κ1) is 18.0. The minimum Gasteiger partial charge on any atom is -0.493 e. The summed E-state index contributed by atoms with van der Waals surface area (Å²) in [6.07, 6.45) is 0. The van der Waals surface area contributed by atoms with E-state index in [9.17, 15) is 23.6 Å². The number of aromatic nitrogens is 1. The number of benzene rings is 2. The lowest BCUT2D eigenvalue weighted by Crippen LogP contribution is -2.12. The number of nitro benzene ring substituents is 1. The molecule has 10 nitrogen and oxygen atoms in total. The van der Waals surface area contributed by atoms with Crippen molar-refractivity contribution in [1.82, 2.24) is 4.98 Å². The van der Waals surface area contributed by atoms with Crippen LogP contribution in [0.25, 0.3) is 10.9 Å². The van der Waals surface area contributed by atoms with Crippen LogP contribution in [0.15, 0.2) is 56.0 Å². The molecule has 0 fully saturated rings. The van der Waals surface area contributed by atoms with Crippen LogP contribution in [-0.4, -0.2) is 23.4 Å². The largest absolute Gasteiger partial charge is 0.493 e. The fraction of sp³-hybridized carbons (Fsp3) is 0. The molecule has 0 saturated carbocycles. The topological polar surface area (TPSA) is 164 Å². The molecule has 0 radical (unpaired) electrons. The maximum atomic E-state index is 11.3. The Morgan fingerprint density at radius 3 is 2.58 bits per heavy atom. The number of aromatic hydroxyl groups is 1. The van der Waals surface area contributed by atoms with Gasteiger partial charge in [-0.3, -0.25) is 10.1 Å². The number of nitro groups is 1. The van der Waals surface area contributed by atoms with Crippen molar-refractivity contribution in [3.63, 3.8) is 0 Å². The Balaban J connectivity index is 2.11. The summed E-state index contributed by atoms with van der Waals surface area (Å²) in [5.41, 5.74) is -0.0863. The highest BCUT2D eigenvalue weighted by Gasteiger charge is 2.19. The third-order valence-corrected chi connectivity index (χ3v) is 4.85. The van der Waals surface area contributed by atoms with Crippen LogP contribution in [0.1, 0.15) is 0 Å². The van der Waals surface area contributed by atoms with Crippen molar-refractivity contribution in [1.29, 1.82) is 0 Å². The average Bonchev–Trinajstić information content (AvgIpc) is 2.86. The number of sulfonamides is 1. The molecule has 26 heavy (non-hydrogen) atoms. The second-order valence-electron chi connectivity index (χ2n) is 5.16. The molecule has 0 aliphatic heterocycles. The van der Waals surface area contributed by atoms with E-state index in [-0.39, 0.29) is 17.3 Å². The van der Waals surface area contributed by atoms with Gasteiger partial charge in [-0.1, -0.05) is 15.9 Å². The van der Waals surface area contributed by atoms with Crippen molar-refractivity contribution in [2.75, 3.05) is 0 Å². The van der Waals surface area contributed by atoms with Crippen LogP contribution in [0.5, 0.6) is 5.88 Å². The Bertz CT molecular complexity index is 1170. The molecule has 0 atom stereocenters. The molecule has 1 heterocycles. The number of hydrogen-bond donors (Lipinski definition) is 3. The standard InChI is InChI=1S/C14H10BrN5O5S/c15-7-1-3-10-9(5-7)13(14(21)17-10)19-18-11-4-2-8(26(16,24)25)6-12(11)20(22)23/h1-6,17,21H,(H2,16,24,25). The smallest absolute Gasteiger partial charge is 0.298 e. The lowest BCUT2D eigenvalue weighted by Gasteiger charge is -2.00. The number of nitrogens with one attached hydrogen (secondary N) is 1. The molecule has 2 aromatic carbocycles. The predicted molar refractivity (Wildman–Crippen MR) is 96.3 cm³/mol. The highest BCUT2D eigenvalue weighted by Crippen LogP contribution is 2.38. The molecule has 3 rings (SSSR count). The SMILES string of the molecule is NS(=O)(=O)c1ccc(N=Nc2c(O)[nH]c3ccc(Br)cc23)c([N+](=O)[O-])c1. The van der Waals surface area contributed by atoms with Gasteiger partial charge in [0.15, 0.2) is 11.4 Å². The van der Waals surface area contributed by atoms with E-state index in [1.54, 1.807) is 18.2 Å². The van der Waals surface area contributed by atoms with Gasteiger partial charge in [-0.05, 0) is 30.3 Å². The molecule has 0 aliphatic carbocycles. The number of hydrogen-bond acceptors (Lipinski definition) is 7. The van der Waals surface area contributed by atoms with Crippen LogP contribution < -0.4 is 5.14 Å². The highest BCUT2D eigenvalue weighted by atomic mass is 79.9. The first-order valence-corrected chi connectivity index (χ1v) is 9.24. The number of nitrogens with two attached hydrogens (primary N) is 1. The zero-order valence-electron chi connectivity index (χ0n) is 12.7. The van der Waals surface area contributed by atoms with Crippen LogP contribution in [0.2, 0.25) is 0 Å². The number of aromatic amines is 1. The zero-order chi connectivity index (χ0) is 19.1. The number of primary sulfonamides is 1.